The lowest BCUT2D eigenvalue weighted by molar-refractivity contribution is 0.0600. The molecule has 32 heavy (non-hydrogen) atoms. The minimum Gasteiger partial charge on any atom is -0.465 e. The highest BCUT2D eigenvalue weighted by atomic mass is 16.5. The van der Waals surface area contributed by atoms with Gasteiger partial charge >= 0.3 is 5.97 Å². The van der Waals surface area contributed by atoms with Crippen molar-refractivity contribution in [1.82, 2.24) is 24.4 Å². The number of anilines is 2. The van der Waals surface area contributed by atoms with Crippen LogP contribution in [0, 0.1) is 0 Å². The molecule has 1 N–H and O–H groups in total. The number of carbonyl (C=O) groups is 1. The van der Waals surface area contributed by atoms with Crippen LogP contribution in [0.5, 0.6) is 0 Å². The van der Waals surface area contributed by atoms with E-state index in [1.54, 1.807) is 12.1 Å². The Balaban J connectivity index is 1.70. The van der Waals surface area contributed by atoms with Crippen LogP contribution in [0.2, 0.25) is 0 Å². The van der Waals surface area contributed by atoms with Gasteiger partial charge < -0.3 is 19.5 Å². The van der Waals surface area contributed by atoms with Crippen molar-refractivity contribution in [3.05, 3.63) is 41.9 Å². The van der Waals surface area contributed by atoms with Gasteiger partial charge in [0, 0.05) is 35.6 Å². The lowest BCUT2D eigenvalue weighted by Crippen LogP contribution is -2.22. The Morgan fingerprint density at radius 3 is 2.53 bits per heavy atom. The number of rotatable bonds is 6. The number of nitrogens with one attached hydrogen (secondary N) is 1. The Morgan fingerprint density at radius 2 is 1.91 bits per heavy atom. The second kappa shape index (κ2) is 9.65. The number of esters is 1. The largest absolute Gasteiger partial charge is 0.465 e. The summed E-state index contributed by atoms with van der Waals surface area (Å²) in [7, 11) is 5.58. The highest BCUT2D eigenvalue weighted by molar-refractivity contribution is 5.89. The predicted octanol–water partition coefficient (Wildman–Crippen LogP) is 4.87. The number of aromatic nitrogens is 4. The summed E-state index contributed by atoms with van der Waals surface area (Å²) in [5.41, 5.74) is 2.65. The van der Waals surface area contributed by atoms with Crippen molar-refractivity contribution in [3.8, 4) is 0 Å². The molecule has 3 aromatic rings. The van der Waals surface area contributed by atoms with Gasteiger partial charge in [-0.3, -0.25) is 0 Å². The summed E-state index contributed by atoms with van der Waals surface area (Å²) >= 11 is 0. The summed E-state index contributed by atoms with van der Waals surface area (Å²) < 4.78 is 7.18. The first-order valence-corrected chi connectivity index (χ1v) is 11.3. The molecule has 0 aromatic carbocycles. The van der Waals surface area contributed by atoms with Crippen molar-refractivity contribution in [3.63, 3.8) is 0 Å². The van der Waals surface area contributed by atoms with Crippen LogP contribution in [0.3, 0.4) is 0 Å². The molecule has 1 aliphatic rings. The van der Waals surface area contributed by atoms with E-state index in [4.69, 9.17) is 9.72 Å². The topological polar surface area (TPSA) is 85.2 Å². The van der Waals surface area contributed by atoms with E-state index in [1.165, 1.54) is 57.5 Å². The maximum absolute atomic E-state index is 11.6. The van der Waals surface area contributed by atoms with Crippen molar-refractivity contribution in [2.45, 2.75) is 57.5 Å². The van der Waals surface area contributed by atoms with Crippen molar-refractivity contribution in [2.24, 2.45) is 0 Å². The molecule has 1 saturated carbocycles. The van der Waals surface area contributed by atoms with E-state index in [0.29, 0.717) is 23.4 Å². The number of fused-ring (bicyclic) bond motifs is 1. The lowest BCUT2D eigenvalue weighted by atomic mass is 10.1. The normalized spacial score (nSPS) is 16.2. The van der Waals surface area contributed by atoms with Crippen LogP contribution in [-0.2, 0) is 4.74 Å². The van der Waals surface area contributed by atoms with Gasteiger partial charge in [-0.2, -0.15) is 4.98 Å². The molecule has 0 radical (unpaired) electrons. The molecule has 4 rings (SSSR count). The van der Waals surface area contributed by atoms with E-state index in [2.05, 4.69) is 51.8 Å². The summed E-state index contributed by atoms with van der Waals surface area (Å²) in [6.45, 7) is 2.24. The minimum atomic E-state index is -0.412. The van der Waals surface area contributed by atoms with Gasteiger partial charge in [0.1, 0.15) is 11.5 Å². The Kier molecular flexibility index (Phi) is 6.69. The average Bonchev–Trinajstić information content (AvgIpc) is 2.97. The zero-order chi connectivity index (χ0) is 22.7. The van der Waals surface area contributed by atoms with Gasteiger partial charge in [0.2, 0.25) is 5.95 Å². The highest BCUT2D eigenvalue weighted by Crippen LogP contribution is 2.35. The molecular weight excluding hydrogens is 404 g/mol. The molecule has 3 heterocycles. The van der Waals surface area contributed by atoms with Crippen LogP contribution >= 0.6 is 0 Å². The van der Waals surface area contributed by atoms with Gasteiger partial charge in [-0.25, -0.2) is 14.8 Å². The van der Waals surface area contributed by atoms with Gasteiger partial charge in [-0.05, 0) is 52.1 Å². The first-order valence-electron chi connectivity index (χ1n) is 11.3. The second-order valence-electron chi connectivity index (χ2n) is 8.75. The van der Waals surface area contributed by atoms with Gasteiger partial charge in [0.15, 0.2) is 0 Å². The Hall–Kier alpha value is -3.00. The van der Waals surface area contributed by atoms with Gasteiger partial charge in [0.25, 0.3) is 0 Å². The summed E-state index contributed by atoms with van der Waals surface area (Å²) in [5, 5.41) is 4.23. The average molecular weight is 437 g/mol. The van der Waals surface area contributed by atoms with Crippen molar-refractivity contribution in [1.29, 1.82) is 0 Å². The number of nitrogens with zero attached hydrogens (tertiary/aromatic N) is 5. The lowest BCUT2D eigenvalue weighted by Gasteiger charge is -2.26. The molecule has 1 aliphatic carbocycles. The molecule has 0 aliphatic heterocycles. The molecule has 3 aromatic heterocycles. The second-order valence-corrected chi connectivity index (χ2v) is 8.75. The zero-order valence-corrected chi connectivity index (χ0v) is 19.3. The molecule has 0 saturated heterocycles. The number of hydrogen-bond acceptors (Lipinski definition) is 7. The third kappa shape index (κ3) is 4.60. The summed E-state index contributed by atoms with van der Waals surface area (Å²) in [6, 6.07) is 6.36. The van der Waals surface area contributed by atoms with E-state index in [9.17, 15) is 4.79 Å². The highest BCUT2D eigenvalue weighted by Gasteiger charge is 2.24. The first kappa shape index (κ1) is 22.2. The van der Waals surface area contributed by atoms with Crippen LogP contribution < -0.4 is 5.32 Å². The zero-order valence-electron chi connectivity index (χ0n) is 19.3. The smallest absolute Gasteiger partial charge is 0.339 e. The summed E-state index contributed by atoms with van der Waals surface area (Å²) in [6.07, 6.45) is 10.9. The standard InChI is InChI=1S/C24H32N6O2/c1-16(29(2)3)20-13-18-15-26-24(27-21-12-11-17(14-25-21)23(31)32-4)28-22(18)30(20)19-9-7-5-6-8-10-19/h11-16,19H,5-10H2,1-4H3,(H,25,26,27,28). The van der Waals surface area contributed by atoms with Crippen molar-refractivity contribution >= 4 is 28.8 Å². The third-order valence-corrected chi connectivity index (χ3v) is 6.42. The molecule has 1 fully saturated rings. The van der Waals surface area contributed by atoms with Crippen LogP contribution in [0.25, 0.3) is 11.0 Å². The van der Waals surface area contributed by atoms with Crippen molar-refractivity contribution in [2.75, 3.05) is 26.5 Å². The fraction of sp³-hybridized carbons (Fsp3) is 0.500. The molecule has 8 nitrogen and oxygen atoms in total. The molecule has 0 spiro atoms. The summed E-state index contributed by atoms with van der Waals surface area (Å²) in [4.78, 5) is 27.6. The number of ether oxygens (including phenoxy) is 1. The maximum atomic E-state index is 11.6. The molecule has 0 bridgehead atoms. The number of carbonyl (C=O) groups excluding carboxylic acids is 1. The summed E-state index contributed by atoms with van der Waals surface area (Å²) in [5.74, 6) is 0.657. The van der Waals surface area contributed by atoms with Gasteiger partial charge in [-0.1, -0.05) is 25.7 Å². The van der Waals surface area contributed by atoms with E-state index < -0.39 is 5.97 Å². The SMILES string of the molecule is COC(=O)c1ccc(Nc2ncc3cc(C(C)N(C)C)n(C4CCCCCC4)c3n2)nc1. The molecule has 170 valence electrons. The maximum Gasteiger partial charge on any atom is 0.339 e. The Bertz CT molecular complexity index is 1070. The van der Waals surface area contributed by atoms with E-state index >= 15 is 0 Å². The molecule has 0 amide bonds. The fourth-order valence-electron chi connectivity index (χ4n) is 4.40. The van der Waals surface area contributed by atoms with E-state index in [1.807, 2.05) is 6.20 Å². The monoisotopic (exact) mass is 436 g/mol. The molecular formula is C24H32N6O2. The number of methoxy groups -OCH3 is 1. The molecule has 1 atom stereocenters. The minimum absolute atomic E-state index is 0.274. The van der Waals surface area contributed by atoms with Crippen LogP contribution in [-0.4, -0.2) is 51.6 Å². The van der Waals surface area contributed by atoms with Crippen LogP contribution in [0.4, 0.5) is 11.8 Å². The molecule has 1 unspecified atom stereocenters. The van der Waals surface area contributed by atoms with E-state index in [-0.39, 0.29) is 6.04 Å². The van der Waals surface area contributed by atoms with Crippen LogP contribution in [0.15, 0.2) is 30.6 Å². The van der Waals surface area contributed by atoms with Gasteiger partial charge in [0.05, 0.1) is 12.7 Å². The molecule has 8 heteroatoms. The van der Waals surface area contributed by atoms with Gasteiger partial charge in [-0.15, -0.1) is 0 Å². The Labute approximate surface area is 189 Å². The fourth-order valence-corrected chi connectivity index (χ4v) is 4.40. The predicted molar refractivity (Wildman–Crippen MR) is 125 cm³/mol. The van der Waals surface area contributed by atoms with Crippen molar-refractivity contribution < 1.29 is 9.53 Å². The first-order chi connectivity index (χ1) is 15.5. The Morgan fingerprint density at radius 1 is 1.16 bits per heavy atom. The number of pyridine rings is 1. The number of hydrogen-bond donors (Lipinski definition) is 1. The quantitative estimate of drug-likeness (QED) is 0.436. The third-order valence-electron chi connectivity index (χ3n) is 6.42. The van der Waals surface area contributed by atoms with Crippen LogP contribution in [0.1, 0.15) is 73.6 Å². The van der Waals surface area contributed by atoms with E-state index in [0.717, 1.165) is 11.0 Å².